The Hall–Kier alpha value is -0.610. The summed E-state index contributed by atoms with van der Waals surface area (Å²) in [5, 5.41) is 12.7. The lowest BCUT2D eigenvalue weighted by Crippen LogP contribution is -2.46. The second-order valence-corrected chi connectivity index (χ2v) is 4.79. The van der Waals surface area contributed by atoms with Gasteiger partial charge in [0.15, 0.2) is 0 Å². The average Bonchev–Trinajstić information content (AvgIpc) is 2.66. The van der Waals surface area contributed by atoms with E-state index in [0.29, 0.717) is 19.8 Å². The number of hydrogen-bond donors (Lipinski definition) is 2. The highest BCUT2D eigenvalue weighted by Crippen LogP contribution is 2.16. The second kappa shape index (κ2) is 4.94. The minimum absolute atomic E-state index is 0.00609. The summed E-state index contributed by atoms with van der Waals surface area (Å²) < 4.78 is 5.13. The van der Waals surface area contributed by atoms with Gasteiger partial charge in [0.05, 0.1) is 18.1 Å². The van der Waals surface area contributed by atoms with Gasteiger partial charge in [-0.1, -0.05) is 13.8 Å². The van der Waals surface area contributed by atoms with Gasteiger partial charge >= 0.3 is 0 Å². The van der Waals surface area contributed by atoms with Gasteiger partial charge in [0.2, 0.25) is 5.91 Å². The van der Waals surface area contributed by atoms with Crippen molar-refractivity contribution in [2.45, 2.75) is 32.8 Å². The molecule has 4 nitrogen and oxygen atoms in total. The SMILES string of the molecule is CC(C)C(C)(O)CNC(=O)C1CCOC1. The summed E-state index contributed by atoms with van der Waals surface area (Å²) in [5.74, 6) is 0.0824. The Balaban J connectivity index is 2.33. The van der Waals surface area contributed by atoms with Crippen LogP contribution < -0.4 is 5.32 Å². The molecule has 88 valence electrons. The Morgan fingerprint density at radius 3 is 2.80 bits per heavy atom. The molecule has 2 N–H and O–H groups in total. The van der Waals surface area contributed by atoms with Crippen LogP contribution in [0.1, 0.15) is 27.2 Å². The van der Waals surface area contributed by atoms with Gasteiger partial charge in [-0.15, -0.1) is 0 Å². The fourth-order valence-corrected chi connectivity index (χ4v) is 1.36. The van der Waals surface area contributed by atoms with E-state index in [2.05, 4.69) is 5.32 Å². The maximum atomic E-state index is 11.6. The summed E-state index contributed by atoms with van der Waals surface area (Å²) in [6.07, 6.45) is 0.787. The van der Waals surface area contributed by atoms with Gasteiger partial charge in [0, 0.05) is 13.2 Å². The molecule has 0 saturated carbocycles. The molecule has 1 aliphatic rings. The van der Waals surface area contributed by atoms with Gasteiger partial charge in [0.1, 0.15) is 0 Å². The first-order valence-corrected chi connectivity index (χ1v) is 5.51. The number of amides is 1. The topological polar surface area (TPSA) is 58.6 Å². The molecule has 0 aromatic carbocycles. The van der Waals surface area contributed by atoms with E-state index in [1.807, 2.05) is 13.8 Å². The number of carbonyl (C=O) groups excluding carboxylic acids is 1. The van der Waals surface area contributed by atoms with Crippen molar-refractivity contribution in [3.05, 3.63) is 0 Å². The lowest BCUT2D eigenvalue weighted by molar-refractivity contribution is -0.126. The van der Waals surface area contributed by atoms with E-state index in [1.54, 1.807) is 6.92 Å². The number of rotatable bonds is 4. The van der Waals surface area contributed by atoms with Crippen molar-refractivity contribution in [3.63, 3.8) is 0 Å². The minimum Gasteiger partial charge on any atom is -0.388 e. The van der Waals surface area contributed by atoms with Crippen LogP contribution in [0.25, 0.3) is 0 Å². The van der Waals surface area contributed by atoms with Gasteiger partial charge in [-0.3, -0.25) is 4.79 Å². The van der Waals surface area contributed by atoms with Crippen LogP contribution in [0, 0.1) is 11.8 Å². The molecule has 0 aromatic heterocycles. The van der Waals surface area contributed by atoms with E-state index in [0.717, 1.165) is 6.42 Å². The summed E-state index contributed by atoms with van der Waals surface area (Å²) in [5.41, 5.74) is -0.838. The predicted molar refractivity (Wildman–Crippen MR) is 57.4 cm³/mol. The third-order valence-corrected chi connectivity index (χ3v) is 3.16. The number of ether oxygens (including phenoxy) is 1. The molecular weight excluding hydrogens is 194 g/mol. The van der Waals surface area contributed by atoms with E-state index in [9.17, 15) is 9.90 Å². The Bertz CT molecular complexity index is 220. The maximum absolute atomic E-state index is 11.6. The van der Waals surface area contributed by atoms with Gasteiger partial charge < -0.3 is 15.2 Å². The van der Waals surface area contributed by atoms with Crippen LogP contribution in [0.2, 0.25) is 0 Å². The average molecular weight is 215 g/mol. The van der Waals surface area contributed by atoms with Crippen molar-refractivity contribution in [2.75, 3.05) is 19.8 Å². The third-order valence-electron chi connectivity index (χ3n) is 3.16. The number of aliphatic hydroxyl groups is 1. The molecule has 0 aromatic rings. The fraction of sp³-hybridized carbons (Fsp3) is 0.909. The molecule has 0 spiro atoms. The van der Waals surface area contributed by atoms with Crippen molar-refractivity contribution in [1.29, 1.82) is 0 Å². The normalized spacial score (nSPS) is 25.3. The lowest BCUT2D eigenvalue weighted by atomic mass is 9.92. The summed E-state index contributed by atoms with van der Waals surface area (Å²) in [6.45, 7) is 7.09. The number of nitrogens with one attached hydrogen (secondary N) is 1. The quantitative estimate of drug-likeness (QED) is 0.720. The van der Waals surface area contributed by atoms with Crippen molar-refractivity contribution in [2.24, 2.45) is 11.8 Å². The van der Waals surface area contributed by atoms with Gasteiger partial charge in [-0.25, -0.2) is 0 Å². The number of hydrogen-bond acceptors (Lipinski definition) is 3. The van der Waals surface area contributed by atoms with Crippen molar-refractivity contribution in [3.8, 4) is 0 Å². The van der Waals surface area contributed by atoms with Gasteiger partial charge in [-0.2, -0.15) is 0 Å². The molecule has 1 amide bonds. The van der Waals surface area contributed by atoms with Crippen LogP contribution in [-0.2, 0) is 9.53 Å². The van der Waals surface area contributed by atoms with Crippen LogP contribution in [-0.4, -0.2) is 36.4 Å². The molecule has 1 rings (SSSR count). The predicted octanol–water partition coefficient (Wildman–Crippen LogP) is 0.546. The highest BCUT2D eigenvalue weighted by atomic mass is 16.5. The van der Waals surface area contributed by atoms with Crippen molar-refractivity contribution < 1.29 is 14.6 Å². The zero-order chi connectivity index (χ0) is 11.5. The fourth-order valence-electron chi connectivity index (χ4n) is 1.36. The highest BCUT2D eigenvalue weighted by molar-refractivity contribution is 5.79. The first-order chi connectivity index (χ1) is 6.93. The van der Waals surface area contributed by atoms with Gasteiger partial charge in [0.25, 0.3) is 0 Å². The molecule has 2 atom stereocenters. The third kappa shape index (κ3) is 3.47. The molecule has 4 heteroatoms. The lowest BCUT2D eigenvalue weighted by Gasteiger charge is -2.28. The maximum Gasteiger partial charge on any atom is 0.225 e. The molecule has 1 fully saturated rings. The first kappa shape index (κ1) is 12.5. The summed E-state index contributed by atoms with van der Waals surface area (Å²) in [7, 11) is 0. The summed E-state index contributed by atoms with van der Waals surface area (Å²) >= 11 is 0. The number of carbonyl (C=O) groups is 1. The standard InChI is InChI=1S/C11H21NO3/c1-8(2)11(3,14)7-12-10(13)9-4-5-15-6-9/h8-9,14H,4-7H2,1-3H3,(H,12,13). The van der Waals surface area contributed by atoms with Crippen LogP contribution in [0.4, 0.5) is 0 Å². The molecule has 1 heterocycles. The van der Waals surface area contributed by atoms with E-state index in [1.165, 1.54) is 0 Å². The molecule has 2 unspecified atom stereocenters. The van der Waals surface area contributed by atoms with Crippen LogP contribution in [0.5, 0.6) is 0 Å². The molecule has 1 saturated heterocycles. The minimum atomic E-state index is -0.838. The van der Waals surface area contributed by atoms with Crippen molar-refractivity contribution >= 4 is 5.91 Å². The molecular formula is C11H21NO3. The van der Waals surface area contributed by atoms with Crippen LogP contribution in [0.15, 0.2) is 0 Å². The largest absolute Gasteiger partial charge is 0.388 e. The van der Waals surface area contributed by atoms with E-state index >= 15 is 0 Å². The van der Waals surface area contributed by atoms with Crippen molar-refractivity contribution in [1.82, 2.24) is 5.32 Å². The highest BCUT2D eigenvalue weighted by Gasteiger charge is 2.28. The Morgan fingerprint density at radius 1 is 1.67 bits per heavy atom. The molecule has 0 aliphatic carbocycles. The zero-order valence-electron chi connectivity index (χ0n) is 9.75. The van der Waals surface area contributed by atoms with E-state index < -0.39 is 5.60 Å². The molecule has 1 aliphatic heterocycles. The summed E-state index contributed by atoms with van der Waals surface area (Å²) in [4.78, 5) is 11.6. The van der Waals surface area contributed by atoms with Crippen LogP contribution >= 0.6 is 0 Å². The second-order valence-electron chi connectivity index (χ2n) is 4.79. The zero-order valence-corrected chi connectivity index (χ0v) is 9.75. The Morgan fingerprint density at radius 2 is 2.33 bits per heavy atom. The monoisotopic (exact) mass is 215 g/mol. The van der Waals surface area contributed by atoms with Crippen LogP contribution in [0.3, 0.4) is 0 Å². The van der Waals surface area contributed by atoms with E-state index in [4.69, 9.17) is 4.74 Å². The Labute approximate surface area is 91.0 Å². The summed E-state index contributed by atoms with van der Waals surface area (Å²) in [6, 6.07) is 0. The molecule has 0 radical (unpaired) electrons. The smallest absolute Gasteiger partial charge is 0.225 e. The van der Waals surface area contributed by atoms with E-state index in [-0.39, 0.29) is 17.7 Å². The van der Waals surface area contributed by atoms with Gasteiger partial charge in [-0.05, 0) is 19.3 Å². The molecule has 15 heavy (non-hydrogen) atoms. The molecule has 0 bridgehead atoms. The Kier molecular flexibility index (Phi) is 4.11. The first-order valence-electron chi connectivity index (χ1n) is 5.51.